The third kappa shape index (κ3) is 4.94. The van der Waals surface area contributed by atoms with Crippen molar-refractivity contribution in [3.05, 3.63) is 0 Å². The second-order valence-corrected chi connectivity index (χ2v) is 5.86. The van der Waals surface area contributed by atoms with Gasteiger partial charge in [-0.2, -0.15) is 0 Å². The fraction of sp³-hybridized carbons (Fsp3) is 0.900. The minimum Gasteiger partial charge on any atom is -0.379 e. The molecule has 2 amide bonds. The van der Waals surface area contributed by atoms with E-state index < -0.39 is 10.8 Å². The third-order valence-electron chi connectivity index (χ3n) is 2.67. The molecule has 1 fully saturated rings. The molecule has 5 nitrogen and oxygen atoms in total. The molecule has 0 saturated carbocycles. The topological polar surface area (TPSA) is 67.4 Å². The Kier molecular flexibility index (Phi) is 5.76. The molecule has 1 aliphatic heterocycles. The van der Waals surface area contributed by atoms with Crippen molar-refractivity contribution in [1.82, 2.24) is 10.6 Å². The van der Waals surface area contributed by atoms with Crippen molar-refractivity contribution in [2.24, 2.45) is 0 Å². The Morgan fingerprint density at radius 2 is 2.38 bits per heavy atom. The van der Waals surface area contributed by atoms with E-state index in [-0.39, 0.29) is 17.3 Å². The van der Waals surface area contributed by atoms with Crippen molar-refractivity contribution in [1.29, 1.82) is 0 Å². The summed E-state index contributed by atoms with van der Waals surface area (Å²) in [6.07, 6.45) is 3.29. The maximum Gasteiger partial charge on any atom is 0.315 e. The smallest absolute Gasteiger partial charge is 0.315 e. The number of amides is 2. The lowest BCUT2D eigenvalue weighted by atomic mass is 10.3. The Hall–Kier alpha value is -0.620. The number of nitrogens with one attached hydrogen (secondary N) is 2. The molecule has 16 heavy (non-hydrogen) atoms. The molecule has 2 N–H and O–H groups in total. The first kappa shape index (κ1) is 13.4. The van der Waals surface area contributed by atoms with Crippen LogP contribution in [0.5, 0.6) is 0 Å². The third-order valence-corrected chi connectivity index (χ3v) is 4.04. The molecule has 0 aromatic heterocycles. The van der Waals surface area contributed by atoms with E-state index in [1.807, 2.05) is 6.92 Å². The standard InChI is InChI=1S/C10H20N2O3S/c1-8(16(2)14)3-5-11-10(13)12-9-4-6-15-7-9/h8-9H,3-7H2,1-2H3,(H2,11,12,13). The number of hydrogen-bond acceptors (Lipinski definition) is 3. The van der Waals surface area contributed by atoms with E-state index in [1.54, 1.807) is 6.26 Å². The van der Waals surface area contributed by atoms with Crippen LogP contribution in [0.2, 0.25) is 0 Å². The number of ether oxygens (including phenoxy) is 1. The second-order valence-electron chi connectivity index (χ2n) is 4.06. The fourth-order valence-electron chi connectivity index (χ4n) is 1.44. The SMILES string of the molecule is CC(CCNC(=O)NC1CCOC1)S(C)=O. The quantitative estimate of drug-likeness (QED) is 0.732. The summed E-state index contributed by atoms with van der Waals surface area (Å²) in [6.45, 7) is 3.79. The van der Waals surface area contributed by atoms with Gasteiger partial charge in [0.25, 0.3) is 0 Å². The van der Waals surface area contributed by atoms with Crippen LogP contribution < -0.4 is 10.6 Å². The van der Waals surface area contributed by atoms with Gasteiger partial charge in [-0.1, -0.05) is 6.92 Å². The van der Waals surface area contributed by atoms with Gasteiger partial charge in [-0.25, -0.2) is 4.79 Å². The van der Waals surface area contributed by atoms with Gasteiger partial charge in [0.15, 0.2) is 0 Å². The van der Waals surface area contributed by atoms with Crippen LogP contribution in [0.1, 0.15) is 19.8 Å². The van der Waals surface area contributed by atoms with Crippen LogP contribution in [-0.2, 0) is 15.5 Å². The largest absolute Gasteiger partial charge is 0.379 e. The van der Waals surface area contributed by atoms with Crippen molar-refractivity contribution >= 4 is 16.8 Å². The van der Waals surface area contributed by atoms with E-state index in [0.29, 0.717) is 13.2 Å². The molecule has 94 valence electrons. The van der Waals surface area contributed by atoms with Gasteiger partial charge in [0, 0.05) is 35.5 Å². The van der Waals surface area contributed by atoms with Gasteiger partial charge < -0.3 is 15.4 Å². The van der Waals surface area contributed by atoms with E-state index in [2.05, 4.69) is 10.6 Å². The lowest BCUT2D eigenvalue weighted by Crippen LogP contribution is -2.43. The highest BCUT2D eigenvalue weighted by Gasteiger charge is 2.17. The molecule has 0 aliphatic carbocycles. The van der Waals surface area contributed by atoms with E-state index in [4.69, 9.17) is 4.74 Å². The van der Waals surface area contributed by atoms with Crippen LogP contribution >= 0.6 is 0 Å². The maximum atomic E-state index is 11.4. The summed E-state index contributed by atoms with van der Waals surface area (Å²) in [4.78, 5) is 11.4. The first-order valence-electron chi connectivity index (χ1n) is 5.54. The molecule has 1 rings (SSSR count). The molecule has 0 radical (unpaired) electrons. The summed E-state index contributed by atoms with van der Waals surface area (Å²) in [7, 11) is -0.821. The zero-order chi connectivity index (χ0) is 12.0. The maximum absolute atomic E-state index is 11.4. The van der Waals surface area contributed by atoms with Gasteiger partial charge in [-0.05, 0) is 12.8 Å². The molecule has 0 aromatic rings. The van der Waals surface area contributed by atoms with E-state index in [0.717, 1.165) is 19.4 Å². The molecule has 3 unspecified atom stereocenters. The number of rotatable bonds is 5. The van der Waals surface area contributed by atoms with Crippen LogP contribution in [0, 0.1) is 0 Å². The lowest BCUT2D eigenvalue weighted by molar-refractivity contribution is 0.188. The summed E-state index contributed by atoms with van der Waals surface area (Å²) in [5, 5.41) is 5.71. The fourth-order valence-corrected chi connectivity index (χ4v) is 1.89. The molecule has 3 atom stereocenters. The zero-order valence-electron chi connectivity index (χ0n) is 9.82. The zero-order valence-corrected chi connectivity index (χ0v) is 10.6. The predicted octanol–water partition coefficient (Wildman–Crippen LogP) is 0.232. The Morgan fingerprint density at radius 3 is 2.94 bits per heavy atom. The average Bonchev–Trinajstić information content (AvgIpc) is 2.70. The van der Waals surface area contributed by atoms with Crippen LogP contribution in [-0.4, -0.2) is 47.5 Å². The van der Waals surface area contributed by atoms with Gasteiger partial charge >= 0.3 is 6.03 Å². The molecular weight excluding hydrogens is 228 g/mol. The highest BCUT2D eigenvalue weighted by molar-refractivity contribution is 7.84. The molecular formula is C10H20N2O3S. The van der Waals surface area contributed by atoms with Crippen molar-refractivity contribution in [2.75, 3.05) is 26.0 Å². The summed E-state index contributed by atoms with van der Waals surface area (Å²) < 4.78 is 16.2. The van der Waals surface area contributed by atoms with Crippen LogP contribution in [0.15, 0.2) is 0 Å². The van der Waals surface area contributed by atoms with E-state index in [1.165, 1.54) is 0 Å². The Labute approximate surface area is 98.8 Å². The monoisotopic (exact) mass is 248 g/mol. The van der Waals surface area contributed by atoms with Crippen LogP contribution in [0.3, 0.4) is 0 Å². The Morgan fingerprint density at radius 1 is 1.62 bits per heavy atom. The van der Waals surface area contributed by atoms with Gasteiger partial charge in [-0.3, -0.25) is 4.21 Å². The van der Waals surface area contributed by atoms with E-state index in [9.17, 15) is 9.00 Å². The molecule has 1 saturated heterocycles. The van der Waals surface area contributed by atoms with Gasteiger partial charge in [0.2, 0.25) is 0 Å². The summed E-state index contributed by atoms with van der Waals surface area (Å²) in [5.41, 5.74) is 0. The summed E-state index contributed by atoms with van der Waals surface area (Å²) in [6, 6.07) is -0.0256. The molecule has 1 heterocycles. The van der Waals surface area contributed by atoms with Crippen LogP contribution in [0.4, 0.5) is 4.79 Å². The first-order chi connectivity index (χ1) is 7.59. The van der Waals surface area contributed by atoms with Crippen molar-refractivity contribution < 1.29 is 13.7 Å². The van der Waals surface area contributed by atoms with Gasteiger partial charge in [-0.15, -0.1) is 0 Å². The lowest BCUT2D eigenvalue weighted by Gasteiger charge is -2.13. The molecule has 0 bridgehead atoms. The number of hydrogen-bond donors (Lipinski definition) is 2. The second kappa shape index (κ2) is 6.85. The minimum atomic E-state index is -0.821. The minimum absolute atomic E-state index is 0.120. The Balaban J connectivity index is 2.08. The number of urea groups is 1. The first-order valence-corrected chi connectivity index (χ1v) is 7.16. The highest BCUT2D eigenvalue weighted by Crippen LogP contribution is 2.02. The van der Waals surface area contributed by atoms with E-state index >= 15 is 0 Å². The average molecular weight is 248 g/mol. The number of carbonyl (C=O) groups is 1. The molecule has 6 heteroatoms. The summed E-state index contributed by atoms with van der Waals surface area (Å²) >= 11 is 0. The van der Waals surface area contributed by atoms with Crippen molar-refractivity contribution in [3.63, 3.8) is 0 Å². The van der Waals surface area contributed by atoms with Crippen molar-refractivity contribution in [2.45, 2.75) is 31.1 Å². The normalized spacial score (nSPS) is 23.8. The molecule has 1 aliphatic rings. The summed E-state index contributed by atoms with van der Waals surface area (Å²) in [5.74, 6) is 0. The van der Waals surface area contributed by atoms with Crippen molar-refractivity contribution in [3.8, 4) is 0 Å². The van der Waals surface area contributed by atoms with Crippen LogP contribution in [0.25, 0.3) is 0 Å². The van der Waals surface area contributed by atoms with Gasteiger partial charge in [0.05, 0.1) is 12.6 Å². The molecule has 0 spiro atoms. The Bertz CT molecular complexity index is 254. The highest BCUT2D eigenvalue weighted by atomic mass is 32.2. The number of carbonyl (C=O) groups excluding carboxylic acids is 1. The predicted molar refractivity (Wildman–Crippen MR) is 63.9 cm³/mol. The molecule has 0 aromatic carbocycles. The van der Waals surface area contributed by atoms with Gasteiger partial charge in [0.1, 0.15) is 0 Å².